The zero-order chi connectivity index (χ0) is 13.6. The quantitative estimate of drug-likeness (QED) is 0.749. The number of aryl methyl sites for hydroxylation is 1. The maximum Gasteiger partial charge on any atom is 0.256 e. The Morgan fingerprint density at radius 2 is 1.84 bits per heavy atom. The number of aromatic hydroxyl groups is 1. The first kappa shape index (κ1) is 12.0. The van der Waals surface area contributed by atoms with Crippen LogP contribution in [-0.2, 0) is 0 Å². The highest BCUT2D eigenvalue weighted by molar-refractivity contribution is 7.16. The van der Waals surface area contributed by atoms with Gasteiger partial charge in [0.25, 0.3) is 5.91 Å². The molecule has 0 spiro atoms. The van der Waals surface area contributed by atoms with E-state index in [0.717, 1.165) is 26.6 Å². The highest BCUT2D eigenvalue weighted by Crippen LogP contribution is 2.37. The lowest BCUT2D eigenvalue weighted by atomic mass is 10.1. The van der Waals surface area contributed by atoms with E-state index in [4.69, 9.17) is 0 Å². The predicted molar refractivity (Wildman–Crippen MR) is 75.7 cm³/mol. The lowest BCUT2D eigenvalue weighted by molar-refractivity contribution is 0.0936. The third-order valence-corrected chi connectivity index (χ3v) is 4.53. The Balaban J connectivity index is 1.97. The van der Waals surface area contributed by atoms with Gasteiger partial charge in [0.15, 0.2) is 0 Å². The first-order valence-corrected chi connectivity index (χ1v) is 6.84. The number of hydrogen-bond acceptors (Lipinski definition) is 4. The average Bonchev–Trinajstić information content (AvgIpc) is 2.66. The Morgan fingerprint density at radius 3 is 2.53 bits per heavy atom. The zero-order valence-corrected chi connectivity index (χ0v) is 11.5. The molecule has 1 aromatic heterocycles. The van der Waals surface area contributed by atoms with Crippen LogP contribution in [0.4, 0.5) is 5.00 Å². The summed E-state index contributed by atoms with van der Waals surface area (Å²) >= 11 is 1.60. The van der Waals surface area contributed by atoms with E-state index < -0.39 is 0 Å². The van der Waals surface area contributed by atoms with Crippen LogP contribution in [0.3, 0.4) is 0 Å². The van der Waals surface area contributed by atoms with Crippen molar-refractivity contribution in [2.45, 2.75) is 20.0 Å². The fraction of sp³-hybridized carbons (Fsp3) is 0.214. The second kappa shape index (κ2) is 4.28. The molecule has 2 heterocycles. The number of rotatable bonds is 1. The Labute approximate surface area is 115 Å². The molecular weight excluding hydrogens is 260 g/mol. The first-order chi connectivity index (χ1) is 9.06. The number of fused-ring (bicyclic) bond motifs is 1. The SMILES string of the molecule is Cc1sc2c(c1C)C(=O)N[C@H](c1ccc(O)cc1)N2. The molecular formula is C14H14N2O2S. The fourth-order valence-corrected chi connectivity index (χ4v) is 3.29. The number of phenols is 1. The number of amides is 1. The molecule has 1 atom stereocenters. The molecule has 1 aliphatic rings. The molecule has 3 rings (SSSR count). The highest BCUT2D eigenvalue weighted by atomic mass is 32.1. The second-order valence-corrected chi connectivity index (χ2v) is 5.85. The van der Waals surface area contributed by atoms with E-state index in [1.165, 1.54) is 0 Å². The van der Waals surface area contributed by atoms with Gasteiger partial charge in [-0.15, -0.1) is 11.3 Å². The van der Waals surface area contributed by atoms with E-state index in [9.17, 15) is 9.90 Å². The van der Waals surface area contributed by atoms with Gasteiger partial charge in [0.05, 0.1) is 5.56 Å². The lowest BCUT2D eigenvalue weighted by Gasteiger charge is -2.26. The van der Waals surface area contributed by atoms with Crippen LogP contribution in [-0.4, -0.2) is 11.0 Å². The van der Waals surface area contributed by atoms with Crippen molar-refractivity contribution in [2.75, 3.05) is 5.32 Å². The van der Waals surface area contributed by atoms with Gasteiger partial charge >= 0.3 is 0 Å². The van der Waals surface area contributed by atoms with Crippen molar-refractivity contribution in [3.8, 4) is 5.75 Å². The van der Waals surface area contributed by atoms with Crippen molar-refractivity contribution >= 4 is 22.2 Å². The third-order valence-electron chi connectivity index (χ3n) is 3.39. The van der Waals surface area contributed by atoms with Crippen molar-refractivity contribution in [1.29, 1.82) is 0 Å². The summed E-state index contributed by atoms with van der Waals surface area (Å²) in [5.74, 6) is 0.170. The second-order valence-electron chi connectivity index (χ2n) is 4.63. The van der Waals surface area contributed by atoms with Gasteiger partial charge in [-0.3, -0.25) is 4.79 Å². The summed E-state index contributed by atoms with van der Waals surface area (Å²) in [6.45, 7) is 3.98. The normalized spacial score (nSPS) is 17.6. The van der Waals surface area contributed by atoms with Crippen molar-refractivity contribution in [3.05, 3.63) is 45.8 Å². The Hall–Kier alpha value is -2.01. The van der Waals surface area contributed by atoms with Crippen LogP contribution >= 0.6 is 11.3 Å². The molecule has 0 fully saturated rings. The number of nitrogens with one attached hydrogen (secondary N) is 2. The minimum atomic E-state index is -0.252. The van der Waals surface area contributed by atoms with Crippen LogP contribution in [0.5, 0.6) is 5.75 Å². The van der Waals surface area contributed by atoms with Crippen molar-refractivity contribution in [1.82, 2.24) is 5.32 Å². The van der Waals surface area contributed by atoms with Gasteiger partial charge in [0, 0.05) is 4.88 Å². The molecule has 98 valence electrons. The van der Waals surface area contributed by atoms with Gasteiger partial charge < -0.3 is 15.7 Å². The highest BCUT2D eigenvalue weighted by Gasteiger charge is 2.28. The number of carbonyl (C=O) groups is 1. The first-order valence-electron chi connectivity index (χ1n) is 6.02. The van der Waals surface area contributed by atoms with Crippen molar-refractivity contribution < 1.29 is 9.90 Å². The van der Waals surface area contributed by atoms with Crippen LogP contribution < -0.4 is 10.6 Å². The van der Waals surface area contributed by atoms with Crippen LogP contribution in [0.25, 0.3) is 0 Å². The summed E-state index contributed by atoms with van der Waals surface area (Å²) < 4.78 is 0. The standard InChI is InChI=1S/C14H14N2O2S/c1-7-8(2)19-14-11(7)13(18)15-12(16-14)9-3-5-10(17)6-4-9/h3-6,12,16-17H,1-2H3,(H,15,18)/t12-/m0/s1. The Morgan fingerprint density at radius 1 is 1.16 bits per heavy atom. The van der Waals surface area contributed by atoms with Crippen LogP contribution in [0.15, 0.2) is 24.3 Å². The van der Waals surface area contributed by atoms with E-state index in [2.05, 4.69) is 10.6 Å². The number of hydrogen-bond donors (Lipinski definition) is 3. The molecule has 4 nitrogen and oxygen atoms in total. The number of benzene rings is 1. The zero-order valence-electron chi connectivity index (χ0n) is 10.7. The van der Waals surface area contributed by atoms with E-state index in [1.54, 1.807) is 35.6 Å². The van der Waals surface area contributed by atoms with Gasteiger partial charge in [-0.1, -0.05) is 12.1 Å². The van der Waals surface area contributed by atoms with Gasteiger partial charge in [0.2, 0.25) is 0 Å². The summed E-state index contributed by atoms with van der Waals surface area (Å²) in [6, 6.07) is 6.82. The summed E-state index contributed by atoms with van der Waals surface area (Å²) in [6.07, 6.45) is -0.252. The van der Waals surface area contributed by atoms with Crippen LogP contribution in [0, 0.1) is 13.8 Å². The molecule has 0 aliphatic carbocycles. The van der Waals surface area contributed by atoms with Crippen molar-refractivity contribution in [3.63, 3.8) is 0 Å². The predicted octanol–water partition coefficient (Wildman–Crippen LogP) is 2.92. The molecule has 0 saturated carbocycles. The van der Waals surface area contributed by atoms with Crippen LogP contribution in [0.2, 0.25) is 0 Å². The molecule has 0 saturated heterocycles. The lowest BCUT2D eigenvalue weighted by Crippen LogP contribution is -2.38. The molecule has 0 radical (unpaired) electrons. The average molecular weight is 274 g/mol. The van der Waals surface area contributed by atoms with E-state index in [0.29, 0.717) is 0 Å². The molecule has 2 aromatic rings. The topological polar surface area (TPSA) is 61.4 Å². The van der Waals surface area contributed by atoms with Gasteiger partial charge in [-0.25, -0.2) is 0 Å². The smallest absolute Gasteiger partial charge is 0.256 e. The molecule has 1 amide bonds. The maximum absolute atomic E-state index is 12.2. The number of thiophene rings is 1. The summed E-state index contributed by atoms with van der Waals surface area (Å²) in [4.78, 5) is 13.3. The molecule has 1 aromatic carbocycles. The van der Waals surface area contributed by atoms with Crippen molar-refractivity contribution in [2.24, 2.45) is 0 Å². The summed E-state index contributed by atoms with van der Waals surface area (Å²) in [7, 11) is 0. The molecule has 3 N–H and O–H groups in total. The molecule has 19 heavy (non-hydrogen) atoms. The van der Waals surface area contributed by atoms with Gasteiger partial charge in [-0.05, 0) is 37.1 Å². The number of carbonyl (C=O) groups excluding carboxylic acids is 1. The summed E-state index contributed by atoms with van der Waals surface area (Å²) in [5.41, 5.74) is 2.70. The van der Waals surface area contributed by atoms with Gasteiger partial charge in [-0.2, -0.15) is 0 Å². The number of anilines is 1. The fourth-order valence-electron chi connectivity index (χ4n) is 2.21. The molecule has 1 aliphatic heterocycles. The monoisotopic (exact) mass is 274 g/mol. The molecule has 0 unspecified atom stereocenters. The summed E-state index contributed by atoms with van der Waals surface area (Å²) in [5, 5.41) is 16.5. The molecule has 0 bridgehead atoms. The van der Waals surface area contributed by atoms with Crippen LogP contribution in [0.1, 0.15) is 32.5 Å². The molecule has 5 heteroatoms. The van der Waals surface area contributed by atoms with E-state index in [1.807, 2.05) is 13.8 Å². The third kappa shape index (κ3) is 1.96. The van der Waals surface area contributed by atoms with Gasteiger partial charge in [0.1, 0.15) is 16.9 Å². The Kier molecular flexibility index (Phi) is 2.71. The minimum absolute atomic E-state index is 0.0475. The maximum atomic E-state index is 12.2. The van der Waals surface area contributed by atoms with E-state index >= 15 is 0 Å². The number of phenolic OH excluding ortho intramolecular Hbond substituents is 1. The van der Waals surface area contributed by atoms with E-state index in [-0.39, 0.29) is 17.8 Å². The minimum Gasteiger partial charge on any atom is -0.508 e. The largest absolute Gasteiger partial charge is 0.508 e. The Bertz CT molecular complexity index is 646.